The highest BCUT2D eigenvalue weighted by molar-refractivity contribution is 5.82. The Morgan fingerprint density at radius 1 is 1.32 bits per heavy atom. The van der Waals surface area contributed by atoms with E-state index in [9.17, 15) is 4.79 Å². The van der Waals surface area contributed by atoms with Crippen LogP contribution in [-0.4, -0.2) is 50.3 Å². The molecule has 5 nitrogen and oxygen atoms in total. The highest BCUT2D eigenvalue weighted by Gasteiger charge is 2.29. The SMILES string of the molecule is COC(C(=O)N1CCC(OCCCN)CC1)c1ccccc1. The molecule has 1 unspecified atom stereocenters. The maximum atomic E-state index is 12.6. The van der Waals surface area contributed by atoms with Gasteiger partial charge in [-0.05, 0) is 31.4 Å². The highest BCUT2D eigenvalue weighted by Crippen LogP contribution is 2.22. The van der Waals surface area contributed by atoms with Crippen LogP contribution >= 0.6 is 0 Å². The monoisotopic (exact) mass is 306 g/mol. The fourth-order valence-corrected chi connectivity index (χ4v) is 2.75. The number of nitrogens with zero attached hydrogens (tertiary/aromatic N) is 1. The minimum Gasteiger partial charge on any atom is -0.378 e. The van der Waals surface area contributed by atoms with E-state index in [4.69, 9.17) is 15.2 Å². The number of benzene rings is 1. The first-order valence-corrected chi connectivity index (χ1v) is 7.94. The Bertz CT molecular complexity index is 444. The van der Waals surface area contributed by atoms with Crippen LogP contribution < -0.4 is 5.73 Å². The normalized spacial score (nSPS) is 17.5. The van der Waals surface area contributed by atoms with E-state index in [1.807, 2.05) is 35.2 Å². The number of ether oxygens (including phenoxy) is 2. The summed E-state index contributed by atoms with van der Waals surface area (Å²) in [5, 5.41) is 0. The van der Waals surface area contributed by atoms with E-state index < -0.39 is 6.10 Å². The van der Waals surface area contributed by atoms with Gasteiger partial charge in [-0.15, -0.1) is 0 Å². The number of methoxy groups -OCH3 is 1. The first kappa shape index (κ1) is 16.9. The number of nitrogens with two attached hydrogens (primary N) is 1. The minimum absolute atomic E-state index is 0.0362. The lowest BCUT2D eigenvalue weighted by molar-refractivity contribution is -0.145. The van der Waals surface area contributed by atoms with Crippen molar-refractivity contribution in [3.05, 3.63) is 35.9 Å². The summed E-state index contributed by atoms with van der Waals surface area (Å²) in [6, 6.07) is 9.63. The summed E-state index contributed by atoms with van der Waals surface area (Å²) >= 11 is 0. The maximum Gasteiger partial charge on any atom is 0.256 e. The van der Waals surface area contributed by atoms with Crippen molar-refractivity contribution in [3.8, 4) is 0 Å². The Labute approximate surface area is 132 Å². The molecule has 0 radical (unpaired) electrons. The fraction of sp³-hybridized carbons (Fsp3) is 0.588. The van der Waals surface area contributed by atoms with Gasteiger partial charge in [0.2, 0.25) is 0 Å². The summed E-state index contributed by atoms with van der Waals surface area (Å²) < 4.78 is 11.2. The molecule has 1 aromatic carbocycles. The van der Waals surface area contributed by atoms with Crippen LogP contribution in [0.3, 0.4) is 0 Å². The summed E-state index contributed by atoms with van der Waals surface area (Å²) in [7, 11) is 1.58. The first-order chi connectivity index (χ1) is 10.8. The van der Waals surface area contributed by atoms with Crippen LogP contribution in [0.25, 0.3) is 0 Å². The molecule has 0 bridgehead atoms. The van der Waals surface area contributed by atoms with Crippen molar-refractivity contribution in [1.29, 1.82) is 0 Å². The van der Waals surface area contributed by atoms with E-state index in [1.54, 1.807) is 7.11 Å². The molecule has 1 fully saturated rings. The van der Waals surface area contributed by atoms with Crippen molar-refractivity contribution >= 4 is 5.91 Å². The zero-order valence-electron chi connectivity index (χ0n) is 13.2. The topological polar surface area (TPSA) is 64.8 Å². The fourth-order valence-electron chi connectivity index (χ4n) is 2.75. The second kappa shape index (κ2) is 8.88. The summed E-state index contributed by atoms with van der Waals surface area (Å²) in [5.74, 6) is 0.0362. The van der Waals surface area contributed by atoms with E-state index in [1.165, 1.54) is 0 Å². The molecule has 1 aliphatic heterocycles. The largest absolute Gasteiger partial charge is 0.378 e. The zero-order chi connectivity index (χ0) is 15.8. The minimum atomic E-state index is -0.518. The lowest BCUT2D eigenvalue weighted by atomic mass is 10.0. The number of rotatable bonds is 7. The standard InChI is InChI=1S/C17H26N2O3/c1-21-16(14-6-3-2-4-7-14)17(20)19-11-8-15(9-12-19)22-13-5-10-18/h2-4,6-7,15-16H,5,8-13,18H2,1H3. The van der Waals surface area contributed by atoms with Crippen molar-refractivity contribution in [2.24, 2.45) is 5.73 Å². The molecule has 0 aromatic heterocycles. The smallest absolute Gasteiger partial charge is 0.256 e. The summed E-state index contributed by atoms with van der Waals surface area (Å²) in [6.07, 6.45) is 2.37. The molecule has 0 saturated carbocycles. The van der Waals surface area contributed by atoms with E-state index in [0.717, 1.165) is 37.9 Å². The van der Waals surface area contributed by atoms with Gasteiger partial charge in [0.25, 0.3) is 5.91 Å². The molecular weight excluding hydrogens is 280 g/mol. The zero-order valence-corrected chi connectivity index (χ0v) is 13.2. The average molecular weight is 306 g/mol. The quantitative estimate of drug-likeness (QED) is 0.779. The van der Waals surface area contributed by atoms with Gasteiger partial charge in [0, 0.05) is 26.8 Å². The molecule has 1 heterocycles. The summed E-state index contributed by atoms with van der Waals surface area (Å²) in [6.45, 7) is 2.81. The average Bonchev–Trinajstić information content (AvgIpc) is 2.57. The van der Waals surface area contributed by atoms with Gasteiger partial charge < -0.3 is 20.1 Å². The Morgan fingerprint density at radius 3 is 2.59 bits per heavy atom. The first-order valence-electron chi connectivity index (χ1n) is 7.94. The Kier molecular flexibility index (Phi) is 6.83. The number of amides is 1. The van der Waals surface area contributed by atoms with Gasteiger partial charge >= 0.3 is 0 Å². The number of hydrogen-bond donors (Lipinski definition) is 1. The molecular formula is C17H26N2O3. The van der Waals surface area contributed by atoms with Crippen LogP contribution in [-0.2, 0) is 14.3 Å². The summed E-state index contributed by atoms with van der Waals surface area (Å²) in [5.41, 5.74) is 6.36. The molecule has 1 atom stereocenters. The van der Waals surface area contributed by atoms with Crippen molar-refractivity contribution in [2.45, 2.75) is 31.5 Å². The van der Waals surface area contributed by atoms with Crippen molar-refractivity contribution < 1.29 is 14.3 Å². The second-order valence-corrected chi connectivity index (χ2v) is 5.56. The van der Waals surface area contributed by atoms with Crippen LogP contribution in [0.1, 0.15) is 30.9 Å². The third-order valence-electron chi connectivity index (χ3n) is 4.02. The van der Waals surface area contributed by atoms with E-state index in [0.29, 0.717) is 13.2 Å². The predicted octanol–water partition coefficient (Wildman–Crippen LogP) is 1.73. The van der Waals surface area contributed by atoms with Crippen LogP contribution in [0.5, 0.6) is 0 Å². The molecule has 1 aromatic rings. The number of carbonyl (C=O) groups excluding carboxylic acids is 1. The van der Waals surface area contributed by atoms with E-state index in [2.05, 4.69) is 0 Å². The third kappa shape index (κ3) is 4.53. The number of hydrogen-bond acceptors (Lipinski definition) is 4. The molecule has 2 rings (SSSR count). The van der Waals surface area contributed by atoms with E-state index >= 15 is 0 Å². The molecule has 5 heteroatoms. The molecule has 1 saturated heterocycles. The number of carbonyl (C=O) groups is 1. The third-order valence-corrected chi connectivity index (χ3v) is 4.02. The second-order valence-electron chi connectivity index (χ2n) is 5.56. The van der Waals surface area contributed by atoms with E-state index in [-0.39, 0.29) is 12.0 Å². The maximum absolute atomic E-state index is 12.6. The Morgan fingerprint density at radius 2 is 2.00 bits per heavy atom. The van der Waals surface area contributed by atoms with Crippen LogP contribution in [0.2, 0.25) is 0 Å². The van der Waals surface area contributed by atoms with Gasteiger partial charge in [-0.3, -0.25) is 4.79 Å². The molecule has 122 valence electrons. The lowest BCUT2D eigenvalue weighted by Crippen LogP contribution is -2.43. The van der Waals surface area contributed by atoms with Gasteiger partial charge in [0.1, 0.15) is 0 Å². The van der Waals surface area contributed by atoms with Gasteiger partial charge in [-0.1, -0.05) is 30.3 Å². The molecule has 0 spiro atoms. The summed E-state index contributed by atoms with van der Waals surface area (Å²) in [4.78, 5) is 14.5. The highest BCUT2D eigenvalue weighted by atomic mass is 16.5. The van der Waals surface area contributed by atoms with Crippen LogP contribution in [0, 0.1) is 0 Å². The van der Waals surface area contributed by atoms with Crippen molar-refractivity contribution in [3.63, 3.8) is 0 Å². The Balaban J connectivity index is 1.86. The van der Waals surface area contributed by atoms with Crippen LogP contribution in [0.15, 0.2) is 30.3 Å². The molecule has 0 aliphatic carbocycles. The van der Waals surface area contributed by atoms with Gasteiger partial charge in [-0.2, -0.15) is 0 Å². The van der Waals surface area contributed by atoms with Crippen molar-refractivity contribution in [2.75, 3.05) is 33.4 Å². The molecule has 22 heavy (non-hydrogen) atoms. The molecule has 1 aliphatic rings. The molecule has 2 N–H and O–H groups in total. The van der Waals surface area contributed by atoms with Gasteiger partial charge in [0.05, 0.1) is 6.10 Å². The van der Waals surface area contributed by atoms with Crippen LogP contribution in [0.4, 0.5) is 0 Å². The van der Waals surface area contributed by atoms with Gasteiger partial charge in [-0.25, -0.2) is 0 Å². The van der Waals surface area contributed by atoms with Gasteiger partial charge in [0.15, 0.2) is 6.10 Å². The van der Waals surface area contributed by atoms with Crippen molar-refractivity contribution in [1.82, 2.24) is 4.90 Å². The number of piperidine rings is 1. The lowest BCUT2D eigenvalue weighted by Gasteiger charge is -2.34. The Hall–Kier alpha value is -1.43. The molecule has 1 amide bonds. The number of likely N-dealkylation sites (tertiary alicyclic amines) is 1. The predicted molar refractivity (Wildman–Crippen MR) is 85.4 cm³/mol.